The normalized spacial score (nSPS) is 11.9. The molecule has 9 heteroatoms. The predicted molar refractivity (Wildman–Crippen MR) is 100 cm³/mol. The van der Waals surface area contributed by atoms with Crippen LogP contribution >= 0.6 is 0 Å². The van der Waals surface area contributed by atoms with Crippen LogP contribution in [0.25, 0.3) is 22.6 Å². The third-order valence-electron chi connectivity index (χ3n) is 4.59. The summed E-state index contributed by atoms with van der Waals surface area (Å²) in [5.41, 5.74) is 1.79. The van der Waals surface area contributed by atoms with Gasteiger partial charge < -0.3 is 19.3 Å². The standard InChI is InChI=1S/C19H21F3N4O2/c1-10-6-12(19(20,21)22)8-14(28-5)15(10)18-24-16-13(26(18)4)7-11(9-27)17(23-16)25(2)3/h6-8,27H,9H2,1-5H3. The number of halogens is 3. The second kappa shape index (κ2) is 6.97. The Morgan fingerprint density at radius 2 is 1.86 bits per heavy atom. The number of imidazole rings is 1. The van der Waals surface area contributed by atoms with Gasteiger partial charge in [-0.2, -0.15) is 13.2 Å². The smallest absolute Gasteiger partial charge is 0.416 e. The Labute approximate surface area is 160 Å². The van der Waals surface area contributed by atoms with E-state index < -0.39 is 11.7 Å². The number of fused-ring (bicyclic) bond motifs is 1. The quantitative estimate of drug-likeness (QED) is 0.734. The fraction of sp³-hybridized carbons (Fsp3) is 0.368. The predicted octanol–water partition coefficient (Wildman–Crippen LogP) is 3.53. The summed E-state index contributed by atoms with van der Waals surface area (Å²) >= 11 is 0. The minimum absolute atomic E-state index is 0.0842. The van der Waals surface area contributed by atoms with Gasteiger partial charge >= 0.3 is 6.18 Å². The lowest BCUT2D eigenvalue weighted by Crippen LogP contribution is -2.13. The van der Waals surface area contributed by atoms with Gasteiger partial charge in [-0.05, 0) is 30.7 Å². The molecule has 0 spiro atoms. The first-order chi connectivity index (χ1) is 13.1. The molecule has 28 heavy (non-hydrogen) atoms. The number of aromatic nitrogens is 3. The monoisotopic (exact) mass is 394 g/mol. The molecule has 2 heterocycles. The lowest BCUT2D eigenvalue weighted by molar-refractivity contribution is -0.137. The summed E-state index contributed by atoms with van der Waals surface area (Å²) in [7, 11) is 6.69. The Kier molecular flexibility index (Phi) is 4.97. The average Bonchev–Trinajstić information content (AvgIpc) is 2.94. The Morgan fingerprint density at radius 3 is 2.39 bits per heavy atom. The Balaban J connectivity index is 2.28. The van der Waals surface area contributed by atoms with Gasteiger partial charge in [0.25, 0.3) is 0 Å². The maximum absolute atomic E-state index is 13.2. The molecule has 6 nitrogen and oxygen atoms in total. The molecule has 0 radical (unpaired) electrons. The highest BCUT2D eigenvalue weighted by atomic mass is 19.4. The zero-order valence-electron chi connectivity index (χ0n) is 16.2. The third kappa shape index (κ3) is 3.26. The Bertz CT molecular complexity index is 1040. The van der Waals surface area contributed by atoms with Crippen molar-refractivity contribution in [1.82, 2.24) is 14.5 Å². The highest BCUT2D eigenvalue weighted by molar-refractivity contribution is 5.82. The van der Waals surface area contributed by atoms with E-state index in [0.717, 1.165) is 12.1 Å². The molecule has 0 atom stereocenters. The van der Waals surface area contributed by atoms with Gasteiger partial charge in [0, 0.05) is 26.7 Å². The fourth-order valence-electron chi connectivity index (χ4n) is 3.24. The summed E-state index contributed by atoms with van der Waals surface area (Å²) in [6.45, 7) is 1.39. The highest BCUT2D eigenvalue weighted by Crippen LogP contribution is 2.40. The van der Waals surface area contributed by atoms with Crippen molar-refractivity contribution in [3.8, 4) is 17.1 Å². The van der Waals surface area contributed by atoms with Crippen LogP contribution in [0.3, 0.4) is 0 Å². The molecule has 0 aliphatic rings. The number of aliphatic hydroxyl groups excluding tert-OH is 1. The number of rotatable bonds is 4. The maximum Gasteiger partial charge on any atom is 0.416 e. The SMILES string of the molecule is COc1cc(C(F)(F)F)cc(C)c1-c1nc2nc(N(C)C)c(CO)cc2n1C. The Morgan fingerprint density at radius 1 is 1.18 bits per heavy atom. The summed E-state index contributed by atoms with van der Waals surface area (Å²) in [6, 6.07) is 3.83. The van der Waals surface area contributed by atoms with Gasteiger partial charge in [-0.1, -0.05) is 0 Å². The van der Waals surface area contributed by atoms with Crippen LogP contribution in [0.1, 0.15) is 16.7 Å². The zero-order chi connectivity index (χ0) is 20.8. The number of benzene rings is 1. The third-order valence-corrected chi connectivity index (χ3v) is 4.59. The number of ether oxygens (including phenoxy) is 1. The summed E-state index contributed by atoms with van der Waals surface area (Å²) in [6.07, 6.45) is -4.47. The van der Waals surface area contributed by atoms with E-state index in [1.165, 1.54) is 7.11 Å². The van der Waals surface area contributed by atoms with Gasteiger partial charge in [0.1, 0.15) is 17.4 Å². The van der Waals surface area contributed by atoms with Crippen LogP contribution < -0.4 is 9.64 Å². The van der Waals surface area contributed by atoms with Crippen LogP contribution in [0.2, 0.25) is 0 Å². The number of nitrogens with zero attached hydrogens (tertiary/aromatic N) is 4. The molecule has 0 aliphatic carbocycles. The molecule has 0 fully saturated rings. The number of hydrogen-bond donors (Lipinski definition) is 1. The van der Waals surface area contributed by atoms with Crippen LogP contribution in [-0.2, 0) is 19.8 Å². The van der Waals surface area contributed by atoms with Crippen LogP contribution in [0, 0.1) is 6.92 Å². The summed E-state index contributed by atoms with van der Waals surface area (Å²) in [4.78, 5) is 10.8. The second-order valence-electron chi connectivity index (χ2n) is 6.73. The first-order valence-corrected chi connectivity index (χ1v) is 8.49. The highest BCUT2D eigenvalue weighted by Gasteiger charge is 2.33. The molecule has 1 N–H and O–H groups in total. The number of pyridine rings is 1. The van der Waals surface area contributed by atoms with Gasteiger partial charge in [0.2, 0.25) is 0 Å². The van der Waals surface area contributed by atoms with Crippen molar-refractivity contribution in [1.29, 1.82) is 0 Å². The molecular weight excluding hydrogens is 373 g/mol. The minimum atomic E-state index is -4.47. The van der Waals surface area contributed by atoms with E-state index in [0.29, 0.717) is 39.5 Å². The number of methoxy groups -OCH3 is 1. The first kappa shape index (κ1) is 19.9. The summed E-state index contributed by atoms with van der Waals surface area (Å²) in [5, 5.41) is 9.65. The number of alkyl halides is 3. The topological polar surface area (TPSA) is 63.4 Å². The average molecular weight is 394 g/mol. The molecule has 0 unspecified atom stereocenters. The molecule has 3 rings (SSSR count). The number of anilines is 1. The molecular formula is C19H21F3N4O2. The molecule has 0 saturated heterocycles. The molecule has 0 amide bonds. The van der Waals surface area contributed by atoms with E-state index in [9.17, 15) is 18.3 Å². The van der Waals surface area contributed by atoms with E-state index in [1.807, 2.05) is 0 Å². The van der Waals surface area contributed by atoms with E-state index >= 15 is 0 Å². The van der Waals surface area contributed by atoms with Crippen molar-refractivity contribution >= 4 is 17.0 Å². The Hall–Kier alpha value is -2.81. The van der Waals surface area contributed by atoms with E-state index in [-0.39, 0.29) is 12.4 Å². The van der Waals surface area contributed by atoms with Gasteiger partial charge in [-0.3, -0.25) is 0 Å². The molecule has 1 aromatic carbocycles. The van der Waals surface area contributed by atoms with Crippen LogP contribution in [0.5, 0.6) is 5.75 Å². The molecule has 0 saturated carbocycles. The van der Waals surface area contributed by atoms with Crippen molar-refractivity contribution in [2.75, 3.05) is 26.1 Å². The fourth-order valence-corrected chi connectivity index (χ4v) is 3.24. The number of hydrogen-bond acceptors (Lipinski definition) is 5. The summed E-state index contributed by atoms with van der Waals surface area (Å²) < 4.78 is 46.4. The van der Waals surface area contributed by atoms with E-state index in [4.69, 9.17) is 4.74 Å². The largest absolute Gasteiger partial charge is 0.496 e. The zero-order valence-corrected chi connectivity index (χ0v) is 16.2. The minimum Gasteiger partial charge on any atom is -0.496 e. The number of aliphatic hydroxyl groups is 1. The lowest BCUT2D eigenvalue weighted by Gasteiger charge is -2.16. The first-order valence-electron chi connectivity index (χ1n) is 8.49. The summed E-state index contributed by atoms with van der Waals surface area (Å²) in [5.74, 6) is 1.10. The van der Waals surface area contributed by atoms with E-state index in [2.05, 4.69) is 9.97 Å². The van der Waals surface area contributed by atoms with Crippen molar-refractivity contribution in [2.45, 2.75) is 19.7 Å². The van der Waals surface area contributed by atoms with E-state index in [1.54, 1.807) is 43.6 Å². The molecule has 2 aromatic heterocycles. The second-order valence-corrected chi connectivity index (χ2v) is 6.73. The van der Waals surface area contributed by atoms with Gasteiger partial charge in [-0.25, -0.2) is 9.97 Å². The maximum atomic E-state index is 13.2. The van der Waals surface area contributed by atoms with Gasteiger partial charge in [0.15, 0.2) is 5.65 Å². The van der Waals surface area contributed by atoms with Crippen LogP contribution in [-0.4, -0.2) is 40.8 Å². The van der Waals surface area contributed by atoms with Crippen molar-refractivity contribution in [3.05, 3.63) is 34.9 Å². The molecule has 3 aromatic rings. The molecule has 0 aliphatic heterocycles. The lowest BCUT2D eigenvalue weighted by atomic mass is 10.0. The number of aryl methyl sites for hydroxylation is 2. The van der Waals surface area contributed by atoms with Crippen molar-refractivity contribution in [2.24, 2.45) is 7.05 Å². The van der Waals surface area contributed by atoms with Crippen LogP contribution in [0.15, 0.2) is 18.2 Å². The van der Waals surface area contributed by atoms with Crippen molar-refractivity contribution < 1.29 is 23.0 Å². The van der Waals surface area contributed by atoms with Crippen molar-refractivity contribution in [3.63, 3.8) is 0 Å². The molecule has 0 bridgehead atoms. The van der Waals surface area contributed by atoms with Gasteiger partial charge in [-0.15, -0.1) is 0 Å². The van der Waals surface area contributed by atoms with Crippen LogP contribution in [0.4, 0.5) is 19.0 Å². The van der Waals surface area contributed by atoms with Gasteiger partial charge in [0.05, 0.1) is 30.4 Å². The molecule has 150 valence electrons.